The summed E-state index contributed by atoms with van der Waals surface area (Å²) in [5, 5.41) is 4.26. The van der Waals surface area contributed by atoms with E-state index >= 15 is 0 Å². The Morgan fingerprint density at radius 1 is 1.00 bits per heavy atom. The molecule has 3 atom stereocenters. The van der Waals surface area contributed by atoms with E-state index in [0.717, 1.165) is 11.3 Å². The van der Waals surface area contributed by atoms with Crippen molar-refractivity contribution in [1.82, 2.24) is 4.83 Å². The second-order valence-corrected chi connectivity index (χ2v) is 7.65. The smallest absolute Gasteiger partial charge is 0.200 e. The summed E-state index contributed by atoms with van der Waals surface area (Å²) in [5.74, 6) is 0.442. The molecule has 4 nitrogen and oxygen atoms in total. The zero-order valence-corrected chi connectivity index (χ0v) is 14.0. The van der Waals surface area contributed by atoms with Crippen LogP contribution in [0.25, 0.3) is 0 Å². The lowest BCUT2D eigenvalue weighted by Crippen LogP contribution is -2.32. The average molecular weight is 328 g/mol. The molecule has 0 unspecified atom stereocenters. The van der Waals surface area contributed by atoms with Crippen molar-refractivity contribution in [2.45, 2.75) is 18.7 Å². The number of aryl methyl sites for hydroxylation is 1. The van der Waals surface area contributed by atoms with Crippen molar-refractivity contribution in [1.29, 1.82) is 0 Å². The molecule has 1 aromatic carbocycles. The predicted molar refractivity (Wildman–Crippen MR) is 92.5 cm³/mol. The summed E-state index contributed by atoms with van der Waals surface area (Å²) in [7, 11) is -3.64. The number of benzene rings is 1. The molecule has 0 aromatic heterocycles. The van der Waals surface area contributed by atoms with Crippen LogP contribution in [0.3, 0.4) is 0 Å². The van der Waals surface area contributed by atoms with E-state index in [1.54, 1.807) is 24.3 Å². The first-order valence-corrected chi connectivity index (χ1v) is 9.15. The molecule has 0 fully saturated rings. The first-order valence-electron chi connectivity index (χ1n) is 7.66. The molecule has 0 heterocycles. The molecular weight excluding hydrogens is 308 g/mol. The van der Waals surface area contributed by atoms with E-state index in [9.17, 15) is 8.42 Å². The molecule has 0 spiro atoms. The number of allylic oxidation sites excluding steroid dienone is 6. The number of sulfonamides is 1. The Kier molecular flexibility index (Phi) is 4.22. The molecule has 1 N–H and O–H groups in total. The van der Waals surface area contributed by atoms with Crippen LogP contribution in [0.4, 0.5) is 0 Å². The molecule has 0 amide bonds. The van der Waals surface area contributed by atoms with Crippen molar-refractivity contribution in [3.8, 4) is 0 Å². The third-order valence-electron chi connectivity index (χ3n) is 4.32. The van der Waals surface area contributed by atoms with E-state index in [1.165, 1.54) is 0 Å². The Morgan fingerprint density at radius 3 is 2.43 bits per heavy atom. The van der Waals surface area contributed by atoms with Crippen molar-refractivity contribution in [2.24, 2.45) is 22.9 Å². The van der Waals surface area contributed by atoms with Gasteiger partial charge in [-0.05, 0) is 19.1 Å². The van der Waals surface area contributed by atoms with Gasteiger partial charge in [0.2, 0.25) is 0 Å². The normalized spacial score (nSPS) is 27.9. The topological polar surface area (TPSA) is 58.5 Å². The minimum absolute atomic E-state index is 0.0342. The molecule has 0 radical (unpaired) electrons. The van der Waals surface area contributed by atoms with Gasteiger partial charge < -0.3 is 0 Å². The van der Waals surface area contributed by atoms with Crippen LogP contribution in [-0.4, -0.2) is 14.1 Å². The Balaban J connectivity index is 1.87. The van der Waals surface area contributed by atoms with Crippen molar-refractivity contribution >= 4 is 15.7 Å². The van der Waals surface area contributed by atoms with E-state index in [4.69, 9.17) is 0 Å². The van der Waals surface area contributed by atoms with Gasteiger partial charge >= 0.3 is 0 Å². The maximum Gasteiger partial charge on any atom is 0.276 e. The molecule has 4 rings (SSSR count). The van der Waals surface area contributed by atoms with Gasteiger partial charge in [0, 0.05) is 17.8 Å². The second kappa shape index (κ2) is 6.16. The van der Waals surface area contributed by atoms with Gasteiger partial charge in [-0.1, -0.05) is 61.1 Å². The summed E-state index contributed by atoms with van der Waals surface area (Å²) < 4.78 is 24.8. The van der Waals surface area contributed by atoms with E-state index in [0.29, 0.717) is 0 Å². The fourth-order valence-electron chi connectivity index (χ4n) is 2.84. The molecule has 3 aliphatic carbocycles. The van der Waals surface area contributed by atoms with Crippen LogP contribution in [-0.2, 0) is 10.0 Å². The van der Waals surface area contributed by atoms with Gasteiger partial charge in [0.05, 0.1) is 10.6 Å². The Bertz CT molecular complexity index is 802. The minimum Gasteiger partial charge on any atom is -0.200 e. The van der Waals surface area contributed by atoms with Crippen LogP contribution in [0.2, 0.25) is 0 Å². The van der Waals surface area contributed by atoms with Crippen LogP contribution in [0.5, 0.6) is 0 Å². The summed E-state index contributed by atoms with van der Waals surface area (Å²) in [6.45, 7) is 3.99. The second-order valence-electron chi connectivity index (χ2n) is 5.99. The van der Waals surface area contributed by atoms with Gasteiger partial charge in [-0.2, -0.15) is 13.5 Å². The van der Waals surface area contributed by atoms with E-state index < -0.39 is 10.0 Å². The highest BCUT2D eigenvalue weighted by atomic mass is 32.2. The first-order chi connectivity index (χ1) is 11.0. The Labute approximate surface area is 137 Å². The molecule has 23 heavy (non-hydrogen) atoms. The van der Waals surface area contributed by atoms with Gasteiger partial charge in [0.25, 0.3) is 10.0 Å². The lowest BCUT2D eigenvalue weighted by atomic mass is 9.77. The van der Waals surface area contributed by atoms with E-state index in [1.807, 2.05) is 25.2 Å². The van der Waals surface area contributed by atoms with Gasteiger partial charge in [-0.25, -0.2) is 4.83 Å². The number of nitrogens with zero attached hydrogens (tertiary/aromatic N) is 1. The zero-order chi connectivity index (χ0) is 16.4. The Morgan fingerprint density at radius 2 is 1.70 bits per heavy atom. The fourth-order valence-corrected chi connectivity index (χ4v) is 3.67. The van der Waals surface area contributed by atoms with Crippen LogP contribution in [0, 0.1) is 24.7 Å². The van der Waals surface area contributed by atoms with E-state index in [2.05, 4.69) is 35.1 Å². The minimum atomic E-state index is -3.64. The monoisotopic (exact) mass is 328 g/mol. The number of hydrogen-bond donors (Lipinski definition) is 1. The molecule has 120 valence electrons. The SMILES string of the molecule is Cc1ccc(S(=O)(=O)N/N=C2/[C@H]3C=CC=C[C@@H](C=C3)[C@H]2C)cc1. The van der Waals surface area contributed by atoms with Gasteiger partial charge in [0.15, 0.2) is 0 Å². The van der Waals surface area contributed by atoms with Crippen LogP contribution >= 0.6 is 0 Å². The summed E-state index contributed by atoms with van der Waals surface area (Å²) in [5.41, 5.74) is 1.86. The highest BCUT2D eigenvalue weighted by Gasteiger charge is 2.28. The quantitative estimate of drug-likeness (QED) is 0.684. The molecular formula is C18H20N2O2S. The number of hydrogen-bond acceptors (Lipinski definition) is 3. The van der Waals surface area contributed by atoms with Crippen LogP contribution < -0.4 is 4.83 Å². The molecule has 0 saturated heterocycles. The summed E-state index contributed by atoms with van der Waals surface area (Å²) in [6, 6.07) is 6.74. The molecule has 0 saturated carbocycles. The molecule has 5 heteroatoms. The third-order valence-corrected chi connectivity index (χ3v) is 5.54. The molecule has 1 aromatic rings. The van der Waals surface area contributed by atoms with Crippen molar-refractivity contribution in [3.05, 3.63) is 66.3 Å². The summed E-state index contributed by atoms with van der Waals surface area (Å²) >= 11 is 0. The van der Waals surface area contributed by atoms with E-state index in [-0.39, 0.29) is 22.6 Å². The van der Waals surface area contributed by atoms with Gasteiger partial charge in [-0.15, -0.1) is 0 Å². The Hall–Kier alpha value is -2.14. The molecule has 0 aliphatic heterocycles. The summed E-state index contributed by atoms with van der Waals surface area (Å²) in [6.07, 6.45) is 12.4. The number of nitrogens with one attached hydrogen (secondary N) is 1. The average Bonchev–Trinajstić information content (AvgIpc) is 2.48. The fraction of sp³-hybridized carbons (Fsp3) is 0.278. The van der Waals surface area contributed by atoms with Crippen LogP contribution in [0.1, 0.15) is 12.5 Å². The molecule has 2 bridgehead atoms. The lowest BCUT2D eigenvalue weighted by molar-refractivity contribution is 0.577. The van der Waals surface area contributed by atoms with Gasteiger partial charge in [-0.3, -0.25) is 0 Å². The third kappa shape index (κ3) is 3.29. The number of fused-ring (bicyclic) bond motifs is 2. The number of hydrazone groups is 1. The van der Waals surface area contributed by atoms with Crippen LogP contribution in [0.15, 0.2) is 70.7 Å². The lowest BCUT2D eigenvalue weighted by Gasteiger charge is -2.29. The van der Waals surface area contributed by atoms with Crippen molar-refractivity contribution in [3.63, 3.8) is 0 Å². The molecule has 3 aliphatic rings. The first kappa shape index (κ1) is 15.7. The summed E-state index contributed by atoms with van der Waals surface area (Å²) in [4.78, 5) is 2.62. The van der Waals surface area contributed by atoms with Gasteiger partial charge in [0.1, 0.15) is 0 Å². The largest absolute Gasteiger partial charge is 0.276 e. The standard InChI is InChI=1S/C18H20N2O2S/c1-13-7-11-17(12-8-13)23(21,22)20-19-18-14(2)15-5-3-4-6-16(18)10-9-15/h3-12,14-16,20H,1-2H3/b5-3?,6-4?,19-18+/t14-,15+,16+/m1/s1. The predicted octanol–water partition coefficient (Wildman–Crippen LogP) is 3.19. The maximum atomic E-state index is 12.4. The maximum absolute atomic E-state index is 12.4. The number of rotatable bonds is 3. The van der Waals surface area contributed by atoms with Crippen molar-refractivity contribution < 1.29 is 8.42 Å². The van der Waals surface area contributed by atoms with Crippen molar-refractivity contribution in [2.75, 3.05) is 0 Å². The zero-order valence-electron chi connectivity index (χ0n) is 13.2. The highest BCUT2D eigenvalue weighted by Crippen LogP contribution is 2.29. The highest BCUT2D eigenvalue weighted by molar-refractivity contribution is 7.89.